The van der Waals surface area contributed by atoms with Crippen LogP contribution >= 0.6 is 0 Å². The molecule has 3 N–H and O–H groups in total. The monoisotopic (exact) mass is 434 g/mol. The van der Waals surface area contributed by atoms with Gasteiger partial charge in [0.1, 0.15) is 0 Å². The van der Waals surface area contributed by atoms with Crippen molar-refractivity contribution in [3.63, 3.8) is 0 Å². The third kappa shape index (κ3) is 6.25. The number of carbonyl (C=O) groups is 2. The van der Waals surface area contributed by atoms with Crippen molar-refractivity contribution in [2.75, 3.05) is 33.2 Å². The third-order valence-corrected chi connectivity index (χ3v) is 5.90. The van der Waals surface area contributed by atoms with Crippen LogP contribution in [-0.4, -0.2) is 77.8 Å². The van der Waals surface area contributed by atoms with E-state index in [1.54, 1.807) is 23.9 Å². The Morgan fingerprint density at radius 2 is 2.19 bits per heavy atom. The predicted octanol–water partition coefficient (Wildman–Crippen LogP) is 0.713. The molecule has 1 saturated carbocycles. The Bertz CT molecular complexity index is 839. The maximum atomic E-state index is 13.1. The van der Waals surface area contributed by atoms with Crippen molar-refractivity contribution in [3.8, 4) is 0 Å². The summed E-state index contributed by atoms with van der Waals surface area (Å²) in [6.07, 6.45) is 2.37. The molecule has 1 aliphatic carbocycles. The molecule has 0 radical (unpaired) electrons. The van der Waals surface area contributed by atoms with Crippen LogP contribution in [0.4, 0.5) is 5.69 Å². The van der Waals surface area contributed by atoms with Crippen LogP contribution in [0.2, 0.25) is 6.82 Å². The van der Waals surface area contributed by atoms with E-state index in [-0.39, 0.29) is 37.6 Å². The molecule has 1 aromatic rings. The highest BCUT2D eigenvalue weighted by molar-refractivity contribution is 6.45. The van der Waals surface area contributed by atoms with Crippen molar-refractivity contribution in [3.05, 3.63) is 39.4 Å². The van der Waals surface area contributed by atoms with Crippen LogP contribution in [-0.2, 0) is 11.3 Å². The van der Waals surface area contributed by atoms with E-state index >= 15 is 0 Å². The quantitative estimate of drug-likeness (QED) is 0.297. The molecule has 10 nitrogen and oxygen atoms in total. The van der Waals surface area contributed by atoms with Crippen LogP contribution in [0.15, 0.2) is 18.2 Å². The summed E-state index contributed by atoms with van der Waals surface area (Å²) in [5, 5.41) is 27.2. The van der Waals surface area contributed by atoms with E-state index < -0.39 is 17.9 Å². The molecule has 1 unspecified atom stereocenters. The van der Waals surface area contributed by atoms with E-state index in [4.69, 9.17) is 0 Å². The lowest BCUT2D eigenvalue weighted by Crippen LogP contribution is -2.56. The van der Waals surface area contributed by atoms with Gasteiger partial charge in [-0.05, 0) is 37.7 Å². The molecular weight excluding hydrogens is 401 g/mol. The minimum atomic E-state index is -0.566. The molecule has 2 amide bonds. The predicted molar refractivity (Wildman–Crippen MR) is 119 cm³/mol. The molecular formula is C20H32BN5O5. The number of nitrogens with one attached hydrogen (secondary N) is 2. The van der Waals surface area contributed by atoms with Crippen molar-refractivity contribution < 1.29 is 21.0 Å². The summed E-state index contributed by atoms with van der Waals surface area (Å²) in [5.41, 5.74) is 0.460. The molecule has 11 heteroatoms. The van der Waals surface area contributed by atoms with Gasteiger partial charge in [-0.1, -0.05) is 0 Å². The van der Waals surface area contributed by atoms with Crippen molar-refractivity contribution in [2.45, 2.75) is 38.7 Å². The van der Waals surface area contributed by atoms with Gasteiger partial charge in [0, 0.05) is 64.3 Å². The molecule has 0 bridgehead atoms. The highest BCUT2D eigenvalue weighted by atomic mass is 16.6. The molecule has 31 heavy (non-hydrogen) atoms. The maximum Gasteiger partial charge on any atom is 0.376 e. The van der Waals surface area contributed by atoms with Crippen molar-refractivity contribution in [2.24, 2.45) is 5.92 Å². The molecule has 2 fully saturated rings. The van der Waals surface area contributed by atoms with Gasteiger partial charge in [0.05, 0.1) is 11.5 Å². The Kier molecular flexibility index (Phi) is 7.63. The third-order valence-electron chi connectivity index (χ3n) is 5.90. The van der Waals surface area contributed by atoms with Gasteiger partial charge in [-0.25, -0.2) is 0 Å². The zero-order chi connectivity index (χ0) is 22.5. The molecule has 0 aromatic heterocycles. The molecule has 1 heterocycles. The van der Waals surface area contributed by atoms with Gasteiger partial charge in [0.15, 0.2) is 0 Å². The van der Waals surface area contributed by atoms with Crippen LogP contribution in [0.3, 0.4) is 0 Å². The summed E-state index contributed by atoms with van der Waals surface area (Å²) in [6.45, 7) is 4.40. The fourth-order valence-corrected chi connectivity index (χ4v) is 3.89. The first-order valence-corrected chi connectivity index (χ1v) is 10.7. The van der Waals surface area contributed by atoms with Crippen molar-refractivity contribution in [1.82, 2.24) is 20.3 Å². The Balaban J connectivity index is 0.00000363. The lowest BCUT2D eigenvalue weighted by atomic mass is 9.83. The second-order valence-corrected chi connectivity index (χ2v) is 8.38. The van der Waals surface area contributed by atoms with E-state index in [1.165, 1.54) is 13.1 Å². The summed E-state index contributed by atoms with van der Waals surface area (Å²) < 4.78 is 0. The summed E-state index contributed by atoms with van der Waals surface area (Å²) in [7, 11) is 0.902. The largest absolute Gasteiger partial charge is 0.437 e. The number of nitro groups is 1. The summed E-state index contributed by atoms with van der Waals surface area (Å²) in [6, 6.07) is 4.29. The highest BCUT2D eigenvalue weighted by Crippen LogP contribution is 2.31. The van der Waals surface area contributed by atoms with E-state index in [9.17, 15) is 24.7 Å². The van der Waals surface area contributed by atoms with Gasteiger partial charge in [-0.3, -0.25) is 19.7 Å². The average Bonchev–Trinajstić information content (AvgIpc) is 3.57. The normalized spacial score (nSPS) is 19.0. The number of nitro benzene ring substituents is 1. The minimum Gasteiger partial charge on any atom is -0.437 e. The van der Waals surface area contributed by atoms with E-state index in [1.807, 2.05) is 4.81 Å². The SMILES string of the molecule is CNC(=O)c1ccc(CN(CC2CC2)C(=O)CC2CN(B(C)O)CCN2)c([N+](=O)[O-])c1.[2HH]. The van der Waals surface area contributed by atoms with Gasteiger partial charge in [0.2, 0.25) is 5.91 Å². The number of hydrogen-bond donors (Lipinski definition) is 3. The minimum absolute atomic E-state index is 0. The molecule has 1 aromatic carbocycles. The molecule has 1 atom stereocenters. The first kappa shape index (κ1) is 23.2. The number of nitrogens with zero attached hydrogens (tertiary/aromatic N) is 3. The summed E-state index contributed by atoms with van der Waals surface area (Å²) >= 11 is 0. The molecule has 0 spiro atoms. The Hall–Kier alpha value is -2.50. The van der Waals surface area contributed by atoms with Gasteiger partial charge in [0.25, 0.3) is 11.6 Å². The van der Waals surface area contributed by atoms with Crippen LogP contribution in [0.5, 0.6) is 0 Å². The van der Waals surface area contributed by atoms with Crippen LogP contribution in [0, 0.1) is 16.0 Å². The van der Waals surface area contributed by atoms with Crippen LogP contribution in [0.1, 0.15) is 36.6 Å². The Labute approximate surface area is 183 Å². The lowest BCUT2D eigenvalue weighted by molar-refractivity contribution is -0.385. The molecule has 2 aliphatic rings. The molecule has 1 aliphatic heterocycles. The summed E-state index contributed by atoms with van der Waals surface area (Å²) in [4.78, 5) is 39.7. The topological polar surface area (TPSA) is 128 Å². The number of benzene rings is 1. The summed E-state index contributed by atoms with van der Waals surface area (Å²) in [5.74, 6) is -0.0328. The van der Waals surface area contributed by atoms with Gasteiger partial charge in [-0.15, -0.1) is 0 Å². The van der Waals surface area contributed by atoms with E-state index in [0.29, 0.717) is 31.1 Å². The second-order valence-electron chi connectivity index (χ2n) is 8.38. The first-order valence-electron chi connectivity index (χ1n) is 10.7. The number of hydrogen-bond acceptors (Lipinski definition) is 7. The zero-order valence-electron chi connectivity index (χ0n) is 18.0. The number of amides is 2. The van der Waals surface area contributed by atoms with Gasteiger partial charge >= 0.3 is 7.05 Å². The fourth-order valence-electron chi connectivity index (χ4n) is 3.89. The Morgan fingerprint density at radius 1 is 1.45 bits per heavy atom. The number of carbonyl (C=O) groups excluding carboxylic acids is 2. The Morgan fingerprint density at radius 3 is 2.81 bits per heavy atom. The first-order chi connectivity index (χ1) is 14.8. The number of piperazine rings is 1. The number of rotatable bonds is 9. The fraction of sp³-hybridized carbons (Fsp3) is 0.600. The van der Waals surface area contributed by atoms with E-state index in [2.05, 4.69) is 10.6 Å². The highest BCUT2D eigenvalue weighted by Gasteiger charge is 2.31. The molecule has 170 valence electrons. The van der Waals surface area contributed by atoms with Crippen molar-refractivity contribution in [1.29, 1.82) is 0 Å². The zero-order valence-corrected chi connectivity index (χ0v) is 18.0. The van der Waals surface area contributed by atoms with Crippen molar-refractivity contribution >= 4 is 24.6 Å². The maximum absolute atomic E-state index is 13.1. The molecule has 1 saturated heterocycles. The molecule has 3 rings (SSSR count). The standard InChI is InChI=1S/C20H30BN5O5.H2/c1-21(29)25-8-7-23-17(13-25)10-19(27)24(11-14-3-4-14)12-16-6-5-15(20(28)22-2)9-18(16)26(30)31;/h5-6,9,14,17,23,29H,3-4,7-8,10-13H2,1-2H3,(H,22,28);1H/i;1+1. The van der Waals surface area contributed by atoms with Gasteiger partial charge < -0.3 is 25.4 Å². The lowest BCUT2D eigenvalue weighted by Gasteiger charge is -2.35. The van der Waals surface area contributed by atoms with Crippen LogP contribution < -0.4 is 10.6 Å². The van der Waals surface area contributed by atoms with Gasteiger partial charge in [-0.2, -0.15) is 0 Å². The average molecular weight is 434 g/mol. The van der Waals surface area contributed by atoms with E-state index in [0.717, 1.165) is 19.4 Å². The smallest absolute Gasteiger partial charge is 0.376 e. The second kappa shape index (κ2) is 10.2. The van der Waals surface area contributed by atoms with Crippen LogP contribution in [0.25, 0.3) is 0 Å².